The Hall–Kier alpha value is -3.28. The molecular formula is C21H15N3O3S2. The number of rotatable bonds is 5. The summed E-state index contributed by atoms with van der Waals surface area (Å²) in [4.78, 5) is 8.78. The van der Waals surface area contributed by atoms with Gasteiger partial charge in [-0.25, -0.2) is 13.4 Å². The minimum Gasteiger partial charge on any atom is -0.496 e. The van der Waals surface area contributed by atoms with Gasteiger partial charge in [0.1, 0.15) is 16.5 Å². The van der Waals surface area contributed by atoms with Gasteiger partial charge in [0.25, 0.3) is 0 Å². The number of sulfone groups is 1. The molecule has 2 aromatic carbocycles. The van der Waals surface area contributed by atoms with Gasteiger partial charge in [0.2, 0.25) is 0 Å². The maximum atomic E-state index is 12.8. The number of methoxy groups -OCH3 is 1. The number of nitriles is 1. The van der Waals surface area contributed by atoms with Gasteiger partial charge in [0.05, 0.1) is 29.3 Å². The van der Waals surface area contributed by atoms with Crippen molar-refractivity contribution < 1.29 is 13.2 Å². The number of ether oxygens (including phenoxy) is 1. The van der Waals surface area contributed by atoms with Crippen molar-refractivity contribution in [2.45, 2.75) is 10.6 Å². The number of nitrogens with zero attached hydrogens (tertiary/aromatic N) is 3. The summed E-state index contributed by atoms with van der Waals surface area (Å²) in [5.41, 5.74) is 1.88. The fourth-order valence-electron chi connectivity index (χ4n) is 3.09. The van der Waals surface area contributed by atoms with Crippen LogP contribution in [0, 0.1) is 11.3 Å². The molecule has 0 aliphatic rings. The van der Waals surface area contributed by atoms with Gasteiger partial charge in [-0.05, 0) is 41.8 Å². The van der Waals surface area contributed by atoms with E-state index in [-0.39, 0.29) is 10.6 Å². The molecule has 2 aromatic heterocycles. The van der Waals surface area contributed by atoms with E-state index in [1.165, 1.54) is 18.4 Å². The summed E-state index contributed by atoms with van der Waals surface area (Å²) in [6, 6.07) is 14.0. The summed E-state index contributed by atoms with van der Waals surface area (Å²) < 4.78 is 31.0. The van der Waals surface area contributed by atoms with Crippen LogP contribution in [-0.2, 0) is 15.6 Å². The highest BCUT2D eigenvalue weighted by Crippen LogP contribution is 2.35. The summed E-state index contributed by atoms with van der Waals surface area (Å²) >= 11 is 1.32. The molecule has 0 fully saturated rings. The molecule has 4 aromatic rings. The summed E-state index contributed by atoms with van der Waals surface area (Å²) in [5, 5.41) is 13.0. The maximum Gasteiger partial charge on any atom is 0.184 e. The van der Waals surface area contributed by atoms with E-state index in [1.54, 1.807) is 60.2 Å². The average Bonchev–Trinajstić information content (AvgIpc) is 3.24. The Morgan fingerprint density at radius 2 is 1.97 bits per heavy atom. The van der Waals surface area contributed by atoms with Crippen LogP contribution in [0.3, 0.4) is 0 Å². The summed E-state index contributed by atoms with van der Waals surface area (Å²) in [7, 11) is -1.97. The molecule has 0 spiro atoms. The Balaban J connectivity index is 1.81. The number of pyridine rings is 1. The van der Waals surface area contributed by atoms with Gasteiger partial charge in [-0.15, -0.1) is 11.3 Å². The zero-order chi connectivity index (χ0) is 20.4. The van der Waals surface area contributed by atoms with Gasteiger partial charge >= 0.3 is 0 Å². The van der Waals surface area contributed by atoms with Crippen LogP contribution < -0.4 is 4.74 Å². The predicted octanol–water partition coefficient (Wildman–Crippen LogP) is 4.21. The van der Waals surface area contributed by atoms with Gasteiger partial charge in [-0.3, -0.25) is 4.98 Å². The fraction of sp³-hybridized carbons (Fsp3) is 0.0952. The molecule has 0 unspecified atom stereocenters. The normalized spacial score (nSPS) is 11.3. The molecule has 0 saturated carbocycles. The first-order chi connectivity index (χ1) is 14.0. The van der Waals surface area contributed by atoms with Crippen LogP contribution in [-0.4, -0.2) is 25.5 Å². The zero-order valence-electron chi connectivity index (χ0n) is 15.4. The van der Waals surface area contributed by atoms with Crippen molar-refractivity contribution in [3.63, 3.8) is 0 Å². The quantitative estimate of drug-likeness (QED) is 0.479. The third kappa shape index (κ3) is 3.70. The third-order valence-electron chi connectivity index (χ3n) is 4.48. The van der Waals surface area contributed by atoms with E-state index in [0.717, 1.165) is 16.3 Å². The smallest absolute Gasteiger partial charge is 0.184 e. The molecule has 8 heteroatoms. The van der Waals surface area contributed by atoms with Crippen molar-refractivity contribution in [3.05, 3.63) is 70.8 Å². The molecule has 0 amide bonds. The highest BCUT2D eigenvalue weighted by atomic mass is 32.2. The maximum absolute atomic E-state index is 12.8. The highest BCUT2D eigenvalue weighted by Gasteiger charge is 2.19. The minimum atomic E-state index is -3.51. The first kappa shape index (κ1) is 19.1. The molecule has 0 N–H and O–H groups in total. The lowest BCUT2D eigenvalue weighted by molar-refractivity contribution is 0.416. The van der Waals surface area contributed by atoms with E-state index in [9.17, 15) is 8.42 Å². The fourth-order valence-corrected chi connectivity index (χ4v) is 5.38. The molecule has 0 saturated heterocycles. The van der Waals surface area contributed by atoms with Crippen LogP contribution >= 0.6 is 11.3 Å². The Bertz CT molecular complexity index is 1340. The van der Waals surface area contributed by atoms with Crippen LogP contribution in [0.4, 0.5) is 0 Å². The first-order valence-electron chi connectivity index (χ1n) is 8.60. The van der Waals surface area contributed by atoms with Crippen molar-refractivity contribution in [2.75, 3.05) is 7.11 Å². The van der Waals surface area contributed by atoms with Crippen LogP contribution in [0.5, 0.6) is 5.75 Å². The average molecular weight is 422 g/mol. The van der Waals surface area contributed by atoms with Crippen molar-refractivity contribution in [1.82, 2.24) is 9.97 Å². The molecule has 2 heterocycles. The lowest BCUT2D eigenvalue weighted by Gasteiger charge is -2.12. The van der Waals surface area contributed by atoms with Gasteiger partial charge in [-0.2, -0.15) is 5.26 Å². The Morgan fingerprint density at radius 3 is 2.69 bits per heavy atom. The monoisotopic (exact) mass is 421 g/mol. The topological polar surface area (TPSA) is 92.9 Å². The Labute approximate surface area is 172 Å². The summed E-state index contributed by atoms with van der Waals surface area (Å²) in [5.74, 6) is 0.405. The minimum absolute atomic E-state index is 0.127. The number of hydrogen-bond acceptors (Lipinski definition) is 7. The number of fused-ring (bicyclic) bond motifs is 1. The molecule has 0 aliphatic carbocycles. The number of benzene rings is 2. The lowest BCUT2D eigenvalue weighted by atomic mass is 10.0. The molecule has 29 heavy (non-hydrogen) atoms. The number of hydrogen-bond donors (Lipinski definition) is 0. The number of aromatic nitrogens is 2. The molecule has 0 aliphatic heterocycles. The van der Waals surface area contributed by atoms with Crippen LogP contribution in [0.15, 0.2) is 65.1 Å². The third-order valence-corrected chi connectivity index (χ3v) is 7.07. The van der Waals surface area contributed by atoms with Crippen molar-refractivity contribution in [3.8, 4) is 23.1 Å². The van der Waals surface area contributed by atoms with Crippen LogP contribution in [0.25, 0.3) is 22.0 Å². The second kappa shape index (κ2) is 7.62. The van der Waals surface area contributed by atoms with Crippen LogP contribution in [0.1, 0.15) is 10.6 Å². The van der Waals surface area contributed by atoms with E-state index in [4.69, 9.17) is 10.00 Å². The van der Waals surface area contributed by atoms with Gasteiger partial charge in [0.15, 0.2) is 9.84 Å². The molecular weight excluding hydrogens is 406 g/mol. The highest BCUT2D eigenvalue weighted by molar-refractivity contribution is 7.90. The van der Waals surface area contributed by atoms with Crippen LogP contribution in [0.2, 0.25) is 0 Å². The molecule has 4 rings (SSSR count). The standard InChI is InChI=1S/C21H15N3O3S2/c1-27-19-10-14(12-22)2-4-18(19)21-17-5-3-16(11-15(17)6-7-24-21)29(25,26)13-20-23-8-9-28-20/h2-11H,13H2,1H3. The molecule has 0 bridgehead atoms. The Kier molecular flexibility index (Phi) is 5.01. The van der Waals surface area contributed by atoms with Gasteiger partial charge < -0.3 is 4.74 Å². The van der Waals surface area contributed by atoms with E-state index in [1.807, 2.05) is 0 Å². The molecule has 0 radical (unpaired) electrons. The van der Waals surface area contributed by atoms with E-state index in [0.29, 0.717) is 22.0 Å². The lowest BCUT2D eigenvalue weighted by Crippen LogP contribution is -2.04. The van der Waals surface area contributed by atoms with E-state index in [2.05, 4.69) is 16.0 Å². The first-order valence-corrected chi connectivity index (χ1v) is 11.1. The predicted molar refractivity (Wildman–Crippen MR) is 111 cm³/mol. The summed E-state index contributed by atoms with van der Waals surface area (Å²) in [6.45, 7) is 0. The van der Waals surface area contributed by atoms with Gasteiger partial charge in [0, 0.05) is 28.7 Å². The summed E-state index contributed by atoms with van der Waals surface area (Å²) in [6.07, 6.45) is 3.23. The van der Waals surface area contributed by atoms with Crippen molar-refractivity contribution in [2.24, 2.45) is 0 Å². The van der Waals surface area contributed by atoms with Gasteiger partial charge in [-0.1, -0.05) is 6.07 Å². The largest absolute Gasteiger partial charge is 0.496 e. The zero-order valence-corrected chi connectivity index (χ0v) is 17.0. The molecule has 0 atom stereocenters. The molecule has 6 nitrogen and oxygen atoms in total. The van der Waals surface area contributed by atoms with E-state index >= 15 is 0 Å². The SMILES string of the molecule is COc1cc(C#N)ccc1-c1nccc2cc(S(=O)(=O)Cc3nccs3)ccc12. The van der Waals surface area contributed by atoms with E-state index < -0.39 is 9.84 Å². The second-order valence-corrected chi connectivity index (χ2v) is 9.22. The van der Waals surface area contributed by atoms with Crippen molar-refractivity contribution in [1.29, 1.82) is 5.26 Å². The van der Waals surface area contributed by atoms with Crippen molar-refractivity contribution >= 4 is 31.9 Å². The molecule has 144 valence electrons. The second-order valence-electron chi connectivity index (χ2n) is 6.25. The Morgan fingerprint density at radius 1 is 1.10 bits per heavy atom. The number of thiazole rings is 1.